The first kappa shape index (κ1) is 14.5. The zero-order chi connectivity index (χ0) is 14.8. The Morgan fingerprint density at radius 3 is 2.35 bits per heavy atom. The van der Waals surface area contributed by atoms with E-state index in [0.717, 1.165) is 11.1 Å². The lowest BCUT2D eigenvalue weighted by molar-refractivity contribution is -0.150. The fourth-order valence-corrected chi connectivity index (χ4v) is 2.72. The fraction of sp³-hybridized carbons (Fsp3) is 0.235. The van der Waals surface area contributed by atoms with Crippen molar-refractivity contribution >= 4 is 17.3 Å². The van der Waals surface area contributed by atoms with Crippen molar-refractivity contribution in [3.63, 3.8) is 0 Å². The minimum absolute atomic E-state index is 0.376. The molecule has 0 aliphatic rings. The van der Waals surface area contributed by atoms with E-state index in [4.69, 9.17) is 4.74 Å². The number of thiophene rings is 1. The molecule has 2 nitrogen and oxygen atoms in total. The van der Waals surface area contributed by atoms with E-state index in [0.29, 0.717) is 5.57 Å². The largest absolute Gasteiger partial charge is 0.446 e. The van der Waals surface area contributed by atoms with Gasteiger partial charge < -0.3 is 4.74 Å². The van der Waals surface area contributed by atoms with Gasteiger partial charge in [0.05, 0.1) is 0 Å². The quantitative estimate of drug-likeness (QED) is 0.613. The molecule has 0 radical (unpaired) electrons. The van der Waals surface area contributed by atoms with Gasteiger partial charge in [0.2, 0.25) is 0 Å². The lowest BCUT2D eigenvalue weighted by atomic mass is 9.89. The molecule has 2 rings (SSSR count). The summed E-state index contributed by atoms with van der Waals surface area (Å²) < 4.78 is 5.74. The van der Waals surface area contributed by atoms with E-state index < -0.39 is 5.60 Å². The Kier molecular flexibility index (Phi) is 4.09. The smallest absolute Gasteiger partial charge is 0.334 e. The Morgan fingerprint density at radius 2 is 1.85 bits per heavy atom. The number of carbonyl (C=O) groups is 1. The summed E-state index contributed by atoms with van der Waals surface area (Å²) >= 11 is 1.59. The van der Waals surface area contributed by atoms with Gasteiger partial charge in [-0.1, -0.05) is 36.4 Å². The molecule has 1 aromatic heterocycles. The topological polar surface area (TPSA) is 26.3 Å². The van der Waals surface area contributed by atoms with Crippen LogP contribution in [0.3, 0.4) is 0 Å². The van der Waals surface area contributed by atoms with Crippen LogP contribution in [0.25, 0.3) is 0 Å². The van der Waals surface area contributed by atoms with Crippen LogP contribution in [0, 0.1) is 6.92 Å². The second kappa shape index (κ2) is 5.63. The van der Waals surface area contributed by atoms with Crippen molar-refractivity contribution in [1.82, 2.24) is 0 Å². The molecule has 1 atom stereocenters. The van der Waals surface area contributed by atoms with Crippen molar-refractivity contribution in [3.05, 3.63) is 69.9 Å². The second-order valence-electron chi connectivity index (χ2n) is 5.08. The molecule has 2 aromatic rings. The predicted octanol–water partition coefficient (Wildman–Crippen LogP) is 4.44. The molecule has 1 aromatic carbocycles. The highest BCUT2D eigenvalue weighted by atomic mass is 32.1. The molecule has 1 heterocycles. The zero-order valence-electron chi connectivity index (χ0n) is 12.0. The van der Waals surface area contributed by atoms with Gasteiger partial charge in [0.1, 0.15) is 0 Å². The van der Waals surface area contributed by atoms with E-state index in [1.54, 1.807) is 18.3 Å². The molecule has 20 heavy (non-hydrogen) atoms. The van der Waals surface area contributed by atoms with Crippen LogP contribution >= 0.6 is 11.3 Å². The van der Waals surface area contributed by atoms with Crippen LogP contribution in [-0.2, 0) is 15.1 Å². The third-order valence-electron chi connectivity index (χ3n) is 3.32. The molecule has 0 spiro atoms. The first-order valence-corrected chi connectivity index (χ1v) is 7.36. The van der Waals surface area contributed by atoms with E-state index in [9.17, 15) is 4.79 Å². The van der Waals surface area contributed by atoms with Crippen LogP contribution in [0.1, 0.15) is 30.5 Å². The van der Waals surface area contributed by atoms with Crippen LogP contribution in [0.4, 0.5) is 0 Å². The maximum absolute atomic E-state index is 12.0. The second-order valence-corrected chi connectivity index (χ2v) is 5.86. The molecule has 0 bridgehead atoms. The molecule has 0 aliphatic carbocycles. The summed E-state index contributed by atoms with van der Waals surface area (Å²) in [6.45, 7) is 9.27. The van der Waals surface area contributed by atoms with E-state index in [2.05, 4.69) is 6.58 Å². The lowest BCUT2D eigenvalue weighted by Crippen LogP contribution is -2.30. The molecule has 1 unspecified atom stereocenters. The van der Waals surface area contributed by atoms with Crippen molar-refractivity contribution in [1.29, 1.82) is 0 Å². The Labute approximate surface area is 123 Å². The normalized spacial score (nSPS) is 13.6. The molecular weight excluding hydrogens is 268 g/mol. The molecule has 0 fully saturated rings. The molecule has 0 saturated heterocycles. The Hall–Kier alpha value is -1.87. The average molecular weight is 286 g/mol. The summed E-state index contributed by atoms with van der Waals surface area (Å²) in [5.41, 5.74) is 2.72. The van der Waals surface area contributed by atoms with Gasteiger partial charge in [-0.25, -0.2) is 4.79 Å². The van der Waals surface area contributed by atoms with Gasteiger partial charge in [-0.05, 0) is 43.2 Å². The van der Waals surface area contributed by atoms with E-state index in [-0.39, 0.29) is 5.97 Å². The number of rotatable bonds is 4. The molecule has 0 aliphatic heterocycles. The molecule has 0 saturated carbocycles. The third-order valence-corrected chi connectivity index (χ3v) is 4.00. The minimum Gasteiger partial charge on any atom is -0.446 e. The summed E-state index contributed by atoms with van der Waals surface area (Å²) in [5, 5.41) is 3.99. The van der Waals surface area contributed by atoms with Gasteiger partial charge in [0.15, 0.2) is 5.60 Å². The summed E-state index contributed by atoms with van der Waals surface area (Å²) in [7, 11) is 0. The van der Waals surface area contributed by atoms with Crippen LogP contribution < -0.4 is 0 Å². The number of benzene rings is 1. The van der Waals surface area contributed by atoms with Crippen molar-refractivity contribution in [3.8, 4) is 0 Å². The van der Waals surface area contributed by atoms with Crippen molar-refractivity contribution in [2.24, 2.45) is 0 Å². The molecule has 0 N–H and O–H groups in total. The summed E-state index contributed by atoms with van der Waals surface area (Å²) in [6.07, 6.45) is 0. The van der Waals surface area contributed by atoms with Crippen molar-refractivity contribution in [2.75, 3.05) is 0 Å². The zero-order valence-corrected chi connectivity index (χ0v) is 12.8. The number of carbonyl (C=O) groups excluding carboxylic acids is 1. The summed E-state index contributed by atoms with van der Waals surface area (Å²) in [4.78, 5) is 12.0. The SMILES string of the molecule is C=C(C)C(=O)OC(C)(c1ccc(C)cc1)c1ccsc1. The lowest BCUT2D eigenvalue weighted by Gasteiger charge is -2.30. The standard InChI is InChI=1S/C17H18O2S/c1-12(2)16(18)19-17(4,15-9-10-20-11-15)14-7-5-13(3)6-8-14/h5-11H,1H2,2-4H3. The first-order chi connectivity index (χ1) is 9.43. The van der Waals surface area contributed by atoms with Gasteiger partial charge in [-0.2, -0.15) is 11.3 Å². The van der Waals surface area contributed by atoms with E-state index in [1.807, 2.05) is 54.9 Å². The van der Waals surface area contributed by atoms with Crippen molar-refractivity contribution in [2.45, 2.75) is 26.4 Å². The summed E-state index contributed by atoms with van der Waals surface area (Å²) in [5.74, 6) is -0.376. The Bertz CT molecular complexity index is 611. The highest BCUT2D eigenvalue weighted by molar-refractivity contribution is 7.08. The average Bonchev–Trinajstić information content (AvgIpc) is 2.93. The molecule has 104 valence electrons. The van der Waals surface area contributed by atoms with Crippen LogP contribution in [0.15, 0.2) is 53.2 Å². The van der Waals surface area contributed by atoms with Crippen LogP contribution in [0.5, 0.6) is 0 Å². The van der Waals surface area contributed by atoms with Crippen LogP contribution in [0.2, 0.25) is 0 Å². The Balaban J connectivity index is 2.46. The number of hydrogen-bond acceptors (Lipinski definition) is 3. The number of hydrogen-bond donors (Lipinski definition) is 0. The van der Waals surface area contributed by atoms with E-state index in [1.165, 1.54) is 5.56 Å². The van der Waals surface area contributed by atoms with Crippen molar-refractivity contribution < 1.29 is 9.53 Å². The minimum atomic E-state index is -0.788. The van der Waals surface area contributed by atoms with Gasteiger partial charge in [-0.3, -0.25) is 0 Å². The molecule has 0 amide bonds. The summed E-state index contributed by atoms with van der Waals surface area (Å²) in [6, 6.07) is 10.0. The number of ether oxygens (including phenoxy) is 1. The number of aryl methyl sites for hydroxylation is 1. The van der Waals surface area contributed by atoms with Gasteiger partial charge in [0.25, 0.3) is 0 Å². The number of esters is 1. The molecule has 3 heteroatoms. The maximum atomic E-state index is 12.0. The third kappa shape index (κ3) is 2.83. The fourth-order valence-electron chi connectivity index (χ4n) is 1.96. The highest BCUT2D eigenvalue weighted by Crippen LogP contribution is 2.35. The monoisotopic (exact) mass is 286 g/mol. The Morgan fingerprint density at radius 1 is 1.20 bits per heavy atom. The maximum Gasteiger partial charge on any atom is 0.334 e. The molecular formula is C17H18O2S. The highest BCUT2D eigenvalue weighted by Gasteiger charge is 2.33. The van der Waals surface area contributed by atoms with Crippen LogP contribution in [-0.4, -0.2) is 5.97 Å². The van der Waals surface area contributed by atoms with Gasteiger partial charge >= 0.3 is 5.97 Å². The predicted molar refractivity (Wildman–Crippen MR) is 82.9 cm³/mol. The first-order valence-electron chi connectivity index (χ1n) is 6.42. The van der Waals surface area contributed by atoms with Gasteiger partial charge in [0, 0.05) is 11.1 Å². The van der Waals surface area contributed by atoms with Gasteiger partial charge in [-0.15, -0.1) is 0 Å². The van der Waals surface area contributed by atoms with E-state index >= 15 is 0 Å².